The second-order valence-electron chi connectivity index (χ2n) is 4.82. The quantitative estimate of drug-likeness (QED) is 0.834. The lowest BCUT2D eigenvalue weighted by Gasteiger charge is -2.33. The van der Waals surface area contributed by atoms with E-state index >= 15 is 0 Å². The van der Waals surface area contributed by atoms with E-state index in [-0.39, 0.29) is 5.91 Å². The SMILES string of the molecule is CC1CNCCN1CC(=O)Nc1cc(Cl)c(Cl)cc1Cl. The molecule has 0 aliphatic carbocycles. The van der Waals surface area contributed by atoms with Gasteiger partial charge in [-0.15, -0.1) is 0 Å². The first-order chi connectivity index (χ1) is 9.47. The summed E-state index contributed by atoms with van der Waals surface area (Å²) < 4.78 is 0. The number of rotatable bonds is 3. The number of nitrogens with one attached hydrogen (secondary N) is 2. The molecule has 1 saturated heterocycles. The lowest BCUT2D eigenvalue weighted by atomic mass is 10.2. The third kappa shape index (κ3) is 3.99. The van der Waals surface area contributed by atoms with Crippen LogP contribution in [-0.2, 0) is 4.79 Å². The average Bonchev–Trinajstić information content (AvgIpc) is 2.39. The maximum absolute atomic E-state index is 12.1. The molecule has 0 spiro atoms. The molecule has 20 heavy (non-hydrogen) atoms. The van der Waals surface area contributed by atoms with Crippen LogP contribution in [0.15, 0.2) is 12.1 Å². The molecule has 1 aliphatic rings. The van der Waals surface area contributed by atoms with Crippen LogP contribution < -0.4 is 10.6 Å². The summed E-state index contributed by atoms with van der Waals surface area (Å²) in [7, 11) is 0. The maximum Gasteiger partial charge on any atom is 0.238 e. The highest BCUT2D eigenvalue weighted by Gasteiger charge is 2.20. The number of benzene rings is 1. The Labute approximate surface area is 133 Å². The van der Waals surface area contributed by atoms with Gasteiger partial charge in [-0.2, -0.15) is 0 Å². The minimum absolute atomic E-state index is 0.112. The van der Waals surface area contributed by atoms with Gasteiger partial charge in [0.2, 0.25) is 5.91 Å². The Hall–Kier alpha value is -0.520. The highest BCUT2D eigenvalue weighted by atomic mass is 35.5. The van der Waals surface area contributed by atoms with Gasteiger partial charge in [-0.1, -0.05) is 34.8 Å². The Morgan fingerprint density at radius 1 is 1.35 bits per heavy atom. The van der Waals surface area contributed by atoms with E-state index in [1.165, 1.54) is 6.07 Å². The van der Waals surface area contributed by atoms with Crippen molar-refractivity contribution in [3.05, 3.63) is 27.2 Å². The summed E-state index contributed by atoms with van der Waals surface area (Å²) in [5, 5.41) is 7.16. The molecule has 0 aromatic heterocycles. The standard InChI is InChI=1S/C13H16Cl3N3O/c1-8-6-17-2-3-19(8)7-13(20)18-12-5-10(15)9(14)4-11(12)16/h4-5,8,17H,2-3,6-7H2,1H3,(H,18,20). The molecule has 1 aliphatic heterocycles. The third-order valence-corrected chi connectivity index (χ3v) is 4.30. The highest BCUT2D eigenvalue weighted by molar-refractivity contribution is 6.44. The summed E-state index contributed by atoms with van der Waals surface area (Å²) in [5.41, 5.74) is 0.480. The van der Waals surface area contributed by atoms with E-state index in [4.69, 9.17) is 34.8 Å². The van der Waals surface area contributed by atoms with Crippen LogP contribution >= 0.6 is 34.8 Å². The zero-order chi connectivity index (χ0) is 14.7. The van der Waals surface area contributed by atoms with Crippen LogP contribution in [0.3, 0.4) is 0 Å². The first kappa shape index (κ1) is 15.9. The number of carbonyl (C=O) groups is 1. The number of amides is 1. The van der Waals surface area contributed by atoms with E-state index < -0.39 is 0 Å². The molecule has 1 aromatic rings. The van der Waals surface area contributed by atoms with Crippen molar-refractivity contribution in [1.29, 1.82) is 0 Å². The summed E-state index contributed by atoms with van der Waals surface area (Å²) in [6.07, 6.45) is 0. The van der Waals surface area contributed by atoms with Crippen molar-refractivity contribution in [2.24, 2.45) is 0 Å². The molecule has 0 radical (unpaired) electrons. The number of hydrogen-bond donors (Lipinski definition) is 2. The van der Waals surface area contributed by atoms with Gasteiger partial charge < -0.3 is 10.6 Å². The van der Waals surface area contributed by atoms with Crippen LogP contribution in [0.2, 0.25) is 15.1 Å². The molecule has 0 bridgehead atoms. The number of anilines is 1. The molecule has 1 amide bonds. The second kappa shape index (κ2) is 6.96. The number of nitrogens with zero attached hydrogens (tertiary/aromatic N) is 1. The third-order valence-electron chi connectivity index (χ3n) is 3.27. The number of piperazine rings is 1. The summed E-state index contributed by atoms with van der Waals surface area (Å²) in [6.45, 7) is 5.06. The fourth-order valence-corrected chi connectivity index (χ4v) is 2.70. The minimum Gasteiger partial charge on any atom is -0.324 e. The molecule has 2 rings (SSSR count). The van der Waals surface area contributed by atoms with E-state index in [1.807, 2.05) is 0 Å². The fourth-order valence-electron chi connectivity index (χ4n) is 2.11. The van der Waals surface area contributed by atoms with Crippen LogP contribution in [0.5, 0.6) is 0 Å². The summed E-state index contributed by atoms with van der Waals surface area (Å²) in [4.78, 5) is 14.2. The predicted octanol–water partition coefficient (Wildman–Crippen LogP) is 2.88. The molecule has 1 aromatic carbocycles. The summed E-state index contributed by atoms with van der Waals surface area (Å²) in [6, 6.07) is 3.42. The number of halogens is 3. The van der Waals surface area contributed by atoms with Crippen molar-refractivity contribution in [3.8, 4) is 0 Å². The van der Waals surface area contributed by atoms with Crippen LogP contribution in [0.1, 0.15) is 6.92 Å². The topological polar surface area (TPSA) is 44.4 Å². The Morgan fingerprint density at radius 3 is 2.75 bits per heavy atom. The van der Waals surface area contributed by atoms with Crippen molar-refractivity contribution >= 4 is 46.4 Å². The highest BCUT2D eigenvalue weighted by Crippen LogP contribution is 2.32. The van der Waals surface area contributed by atoms with Gasteiger partial charge in [0, 0.05) is 25.7 Å². The van der Waals surface area contributed by atoms with E-state index in [1.54, 1.807) is 6.07 Å². The summed E-state index contributed by atoms with van der Waals surface area (Å²) >= 11 is 17.8. The average molecular weight is 337 g/mol. The van der Waals surface area contributed by atoms with Crippen molar-refractivity contribution in [1.82, 2.24) is 10.2 Å². The van der Waals surface area contributed by atoms with Crippen LogP contribution in [0.4, 0.5) is 5.69 Å². The molecule has 0 saturated carbocycles. The van der Waals surface area contributed by atoms with Crippen molar-refractivity contribution in [3.63, 3.8) is 0 Å². The first-order valence-electron chi connectivity index (χ1n) is 6.36. The number of carbonyl (C=O) groups excluding carboxylic acids is 1. The normalized spacial score (nSPS) is 19.9. The fraction of sp³-hybridized carbons (Fsp3) is 0.462. The molecular formula is C13H16Cl3N3O. The molecule has 1 unspecified atom stereocenters. The van der Waals surface area contributed by atoms with Crippen LogP contribution in [-0.4, -0.2) is 43.0 Å². The predicted molar refractivity (Wildman–Crippen MR) is 84.0 cm³/mol. The van der Waals surface area contributed by atoms with Gasteiger partial charge in [0.15, 0.2) is 0 Å². The largest absolute Gasteiger partial charge is 0.324 e. The van der Waals surface area contributed by atoms with E-state index in [0.29, 0.717) is 33.3 Å². The number of hydrogen-bond acceptors (Lipinski definition) is 3. The van der Waals surface area contributed by atoms with Gasteiger partial charge in [-0.05, 0) is 19.1 Å². The van der Waals surface area contributed by atoms with Gasteiger partial charge >= 0.3 is 0 Å². The van der Waals surface area contributed by atoms with Gasteiger partial charge in [0.05, 0.1) is 27.3 Å². The minimum atomic E-state index is -0.112. The van der Waals surface area contributed by atoms with Gasteiger partial charge in [-0.3, -0.25) is 9.69 Å². The smallest absolute Gasteiger partial charge is 0.238 e. The Bertz CT molecular complexity index is 510. The van der Waals surface area contributed by atoms with Crippen LogP contribution in [0.25, 0.3) is 0 Å². The zero-order valence-electron chi connectivity index (χ0n) is 11.0. The van der Waals surface area contributed by atoms with Crippen LogP contribution in [0, 0.1) is 0 Å². The molecule has 110 valence electrons. The second-order valence-corrected chi connectivity index (χ2v) is 6.04. The monoisotopic (exact) mass is 335 g/mol. The lowest BCUT2D eigenvalue weighted by molar-refractivity contribution is -0.118. The lowest BCUT2D eigenvalue weighted by Crippen LogP contribution is -2.51. The zero-order valence-corrected chi connectivity index (χ0v) is 13.3. The molecule has 1 atom stereocenters. The van der Waals surface area contributed by atoms with E-state index in [9.17, 15) is 4.79 Å². The van der Waals surface area contributed by atoms with E-state index in [2.05, 4.69) is 22.5 Å². The van der Waals surface area contributed by atoms with Gasteiger partial charge in [0.25, 0.3) is 0 Å². The first-order valence-corrected chi connectivity index (χ1v) is 7.50. The molecule has 4 nitrogen and oxygen atoms in total. The molecule has 1 heterocycles. The van der Waals surface area contributed by atoms with Crippen molar-refractivity contribution in [2.45, 2.75) is 13.0 Å². The molecule has 2 N–H and O–H groups in total. The Morgan fingerprint density at radius 2 is 2.05 bits per heavy atom. The molecule has 7 heteroatoms. The van der Waals surface area contributed by atoms with Crippen molar-refractivity contribution in [2.75, 3.05) is 31.5 Å². The molecular weight excluding hydrogens is 321 g/mol. The maximum atomic E-state index is 12.1. The molecule has 1 fully saturated rings. The summed E-state index contributed by atoms with van der Waals surface area (Å²) in [5.74, 6) is -0.112. The van der Waals surface area contributed by atoms with Gasteiger partial charge in [-0.25, -0.2) is 0 Å². The van der Waals surface area contributed by atoms with Gasteiger partial charge in [0.1, 0.15) is 0 Å². The van der Waals surface area contributed by atoms with E-state index in [0.717, 1.165) is 19.6 Å². The Balaban J connectivity index is 1.99. The van der Waals surface area contributed by atoms with Crippen molar-refractivity contribution < 1.29 is 4.79 Å². The Kier molecular flexibility index (Phi) is 5.52.